The maximum Gasteiger partial charge on any atom is 0.313 e. The molecular weight excluding hydrogens is 462 g/mol. The van der Waals surface area contributed by atoms with E-state index >= 15 is 0 Å². The number of rotatable bonds is 9. The van der Waals surface area contributed by atoms with E-state index in [0.717, 1.165) is 30.6 Å². The first kappa shape index (κ1) is 27.1. The third-order valence-corrected chi connectivity index (χ3v) is 8.32. The first-order valence-electron chi connectivity index (χ1n) is 13.2. The molecule has 0 radical (unpaired) electrons. The molecule has 196 valence electrons. The van der Waals surface area contributed by atoms with Crippen LogP contribution in [-0.2, 0) is 15.7 Å². The van der Waals surface area contributed by atoms with Crippen LogP contribution in [0.2, 0.25) is 0 Å². The lowest BCUT2D eigenvalue weighted by molar-refractivity contribution is -0.142. The van der Waals surface area contributed by atoms with Gasteiger partial charge >= 0.3 is 5.97 Å². The second-order valence-electron chi connectivity index (χ2n) is 11.0. The van der Waals surface area contributed by atoms with Crippen molar-refractivity contribution < 1.29 is 20.1 Å². The number of likely N-dealkylation sites (tertiary alicyclic amines) is 1. The normalized spacial score (nSPS) is 23.5. The molecule has 4 atom stereocenters. The Morgan fingerprint density at radius 1 is 1.00 bits per heavy atom. The molecule has 1 saturated heterocycles. The van der Waals surface area contributed by atoms with Gasteiger partial charge in [0, 0.05) is 12.5 Å². The maximum atomic E-state index is 11.6. The highest BCUT2D eigenvalue weighted by Gasteiger charge is 2.48. The molecular formula is C32H39NO4. The Morgan fingerprint density at radius 2 is 1.59 bits per heavy atom. The molecule has 0 aliphatic carbocycles. The number of carbonyl (C=O) groups is 1. The summed E-state index contributed by atoms with van der Waals surface area (Å²) in [6.45, 7) is 7.18. The van der Waals surface area contributed by atoms with E-state index in [4.69, 9.17) is 0 Å². The molecule has 5 heteroatoms. The number of piperidine rings is 1. The zero-order valence-electron chi connectivity index (χ0n) is 22.0. The average Bonchev–Trinajstić information content (AvgIpc) is 2.91. The molecule has 0 amide bonds. The summed E-state index contributed by atoms with van der Waals surface area (Å²) < 4.78 is 0. The second kappa shape index (κ2) is 11.2. The minimum Gasteiger partial charge on any atom is -0.481 e. The Balaban J connectivity index is 1.50. The van der Waals surface area contributed by atoms with Gasteiger partial charge in [0.15, 0.2) is 0 Å². The molecule has 1 aliphatic rings. The number of carboxylic acids is 1. The van der Waals surface area contributed by atoms with E-state index in [9.17, 15) is 20.1 Å². The average molecular weight is 502 g/mol. The van der Waals surface area contributed by atoms with Crippen LogP contribution in [0.4, 0.5) is 0 Å². The highest BCUT2D eigenvalue weighted by Crippen LogP contribution is 2.47. The SMILES string of the molecule is CC(C)(C(=O)O)c1ccc([C@H](O)CCCN2CCC(O)C(c3ccccc3)C2(C)c2ccccc2)cc1. The second-order valence-corrected chi connectivity index (χ2v) is 11.0. The minimum absolute atomic E-state index is 0.0695. The quantitative estimate of drug-likeness (QED) is 0.354. The van der Waals surface area contributed by atoms with Gasteiger partial charge in [0.2, 0.25) is 0 Å². The first-order valence-corrected chi connectivity index (χ1v) is 13.2. The molecule has 1 fully saturated rings. The Kier molecular flexibility index (Phi) is 8.17. The third-order valence-electron chi connectivity index (χ3n) is 8.32. The molecule has 37 heavy (non-hydrogen) atoms. The van der Waals surface area contributed by atoms with Crippen LogP contribution < -0.4 is 0 Å². The fourth-order valence-electron chi connectivity index (χ4n) is 5.83. The molecule has 3 N–H and O–H groups in total. The van der Waals surface area contributed by atoms with Crippen molar-refractivity contribution in [1.29, 1.82) is 0 Å². The van der Waals surface area contributed by atoms with E-state index < -0.39 is 29.1 Å². The van der Waals surface area contributed by atoms with E-state index in [1.807, 2.05) is 36.4 Å². The van der Waals surface area contributed by atoms with Gasteiger partial charge in [0.05, 0.1) is 23.2 Å². The Labute approximate surface area is 220 Å². The van der Waals surface area contributed by atoms with E-state index in [1.165, 1.54) is 5.56 Å². The summed E-state index contributed by atoms with van der Waals surface area (Å²) in [5, 5.41) is 31.6. The van der Waals surface area contributed by atoms with Crippen LogP contribution in [0.1, 0.15) is 74.3 Å². The van der Waals surface area contributed by atoms with Crippen LogP contribution in [-0.4, -0.2) is 45.4 Å². The van der Waals surface area contributed by atoms with Crippen molar-refractivity contribution in [2.45, 2.75) is 69.1 Å². The van der Waals surface area contributed by atoms with Crippen molar-refractivity contribution >= 4 is 5.97 Å². The summed E-state index contributed by atoms with van der Waals surface area (Å²) in [5.41, 5.74) is 2.46. The molecule has 5 nitrogen and oxygen atoms in total. The van der Waals surface area contributed by atoms with E-state index in [1.54, 1.807) is 26.0 Å². The van der Waals surface area contributed by atoms with Gasteiger partial charge in [-0.05, 0) is 68.8 Å². The van der Waals surface area contributed by atoms with Gasteiger partial charge in [0.1, 0.15) is 0 Å². The maximum absolute atomic E-state index is 11.6. The number of aliphatic hydroxyl groups excluding tert-OH is 2. The van der Waals surface area contributed by atoms with Gasteiger partial charge in [-0.1, -0.05) is 84.9 Å². The number of benzene rings is 3. The van der Waals surface area contributed by atoms with Gasteiger partial charge in [-0.3, -0.25) is 9.69 Å². The number of hydrogen-bond acceptors (Lipinski definition) is 4. The summed E-state index contributed by atoms with van der Waals surface area (Å²) in [6, 6.07) is 28.0. The molecule has 3 aromatic rings. The fraction of sp³-hybridized carbons (Fsp3) is 0.406. The van der Waals surface area contributed by atoms with Crippen molar-refractivity contribution in [3.63, 3.8) is 0 Å². The molecule has 0 bridgehead atoms. The Morgan fingerprint density at radius 3 is 2.19 bits per heavy atom. The number of aliphatic carboxylic acids is 1. The lowest BCUT2D eigenvalue weighted by atomic mass is 9.68. The van der Waals surface area contributed by atoms with Crippen LogP contribution in [0, 0.1) is 0 Å². The van der Waals surface area contributed by atoms with Crippen molar-refractivity contribution in [3.05, 3.63) is 107 Å². The van der Waals surface area contributed by atoms with E-state index in [0.29, 0.717) is 18.4 Å². The van der Waals surface area contributed by atoms with Gasteiger partial charge < -0.3 is 15.3 Å². The number of nitrogens with zero attached hydrogens (tertiary/aromatic N) is 1. The zero-order valence-corrected chi connectivity index (χ0v) is 22.0. The molecule has 3 unspecified atom stereocenters. The predicted octanol–water partition coefficient (Wildman–Crippen LogP) is 5.63. The largest absolute Gasteiger partial charge is 0.481 e. The van der Waals surface area contributed by atoms with Gasteiger partial charge in [-0.25, -0.2) is 0 Å². The van der Waals surface area contributed by atoms with Gasteiger partial charge in [-0.2, -0.15) is 0 Å². The molecule has 0 spiro atoms. The first-order chi connectivity index (χ1) is 17.7. The van der Waals surface area contributed by atoms with Gasteiger partial charge in [0.25, 0.3) is 0 Å². The zero-order chi connectivity index (χ0) is 26.6. The smallest absolute Gasteiger partial charge is 0.313 e. The molecule has 0 aromatic heterocycles. The molecule has 3 aromatic carbocycles. The van der Waals surface area contributed by atoms with Crippen LogP contribution >= 0.6 is 0 Å². The topological polar surface area (TPSA) is 81.0 Å². The van der Waals surface area contributed by atoms with Crippen LogP contribution in [0.5, 0.6) is 0 Å². The summed E-state index contributed by atoms with van der Waals surface area (Å²) in [4.78, 5) is 14.0. The molecule has 1 heterocycles. The third kappa shape index (κ3) is 5.49. The van der Waals surface area contributed by atoms with Crippen molar-refractivity contribution in [3.8, 4) is 0 Å². The van der Waals surface area contributed by atoms with Crippen LogP contribution in [0.15, 0.2) is 84.9 Å². The van der Waals surface area contributed by atoms with E-state index in [2.05, 4.69) is 48.2 Å². The molecule has 0 saturated carbocycles. The summed E-state index contributed by atoms with van der Waals surface area (Å²) in [5.74, 6) is -0.942. The summed E-state index contributed by atoms with van der Waals surface area (Å²) >= 11 is 0. The fourth-order valence-corrected chi connectivity index (χ4v) is 5.83. The van der Waals surface area contributed by atoms with Crippen LogP contribution in [0.25, 0.3) is 0 Å². The van der Waals surface area contributed by atoms with Gasteiger partial charge in [-0.15, -0.1) is 0 Å². The Bertz CT molecular complexity index is 1160. The van der Waals surface area contributed by atoms with Crippen LogP contribution in [0.3, 0.4) is 0 Å². The lowest BCUT2D eigenvalue weighted by Crippen LogP contribution is -2.56. The molecule has 1 aliphatic heterocycles. The number of carboxylic acid groups (broad SMARTS) is 1. The monoisotopic (exact) mass is 501 g/mol. The Hall–Kier alpha value is -2.99. The highest BCUT2D eigenvalue weighted by molar-refractivity contribution is 5.80. The predicted molar refractivity (Wildman–Crippen MR) is 146 cm³/mol. The summed E-state index contributed by atoms with van der Waals surface area (Å²) in [6.07, 6.45) is 1.03. The molecule has 4 rings (SSSR count). The lowest BCUT2D eigenvalue weighted by Gasteiger charge is -2.53. The van der Waals surface area contributed by atoms with E-state index in [-0.39, 0.29) is 5.92 Å². The number of aliphatic hydroxyl groups is 2. The number of hydrogen-bond donors (Lipinski definition) is 3. The van der Waals surface area contributed by atoms with Crippen molar-refractivity contribution in [2.24, 2.45) is 0 Å². The minimum atomic E-state index is -0.973. The standard InChI is InChI=1S/C32H39NO4/c1-31(2,30(36)37)25-18-16-23(17-19-25)27(34)15-10-21-33-22-20-28(35)29(24-11-6-4-7-12-24)32(33,3)26-13-8-5-9-14-26/h4-9,11-14,16-19,27-29,34-35H,10,15,20-22H2,1-3H3,(H,36,37)/t27-,28?,29?,32?/m1/s1. The van der Waals surface area contributed by atoms with Crippen molar-refractivity contribution in [2.75, 3.05) is 13.1 Å². The summed E-state index contributed by atoms with van der Waals surface area (Å²) in [7, 11) is 0. The highest BCUT2D eigenvalue weighted by atomic mass is 16.4. The van der Waals surface area contributed by atoms with Crippen molar-refractivity contribution in [1.82, 2.24) is 4.90 Å².